The fourth-order valence-corrected chi connectivity index (χ4v) is 2.13. The topological polar surface area (TPSA) is 49.3 Å². The molecule has 0 bridgehead atoms. The minimum Gasteiger partial charge on any atom is -0.507 e. The van der Waals surface area contributed by atoms with Gasteiger partial charge in [0.1, 0.15) is 5.75 Å². The molecule has 0 spiro atoms. The van der Waals surface area contributed by atoms with E-state index < -0.39 is 0 Å². The molecule has 0 aliphatic heterocycles. The highest BCUT2D eigenvalue weighted by Gasteiger charge is 2.27. The van der Waals surface area contributed by atoms with Crippen molar-refractivity contribution in [1.82, 2.24) is 5.32 Å². The third-order valence-corrected chi connectivity index (χ3v) is 3.19. The second kappa shape index (κ2) is 4.16. The van der Waals surface area contributed by atoms with Crippen molar-refractivity contribution < 1.29 is 9.90 Å². The molecule has 2 rings (SSSR count). The standard InChI is InChI=1S/C13H17NO2/c1-8-6-10(7-8)14-13(16)11-5-3-4-9(2)12(11)15/h3-5,8,10,15H,6-7H2,1-2H3,(H,14,16). The van der Waals surface area contributed by atoms with Crippen LogP contribution in [-0.2, 0) is 0 Å². The number of hydrogen-bond acceptors (Lipinski definition) is 2. The van der Waals surface area contributed by atoms with Gasteiger partial charge in [0, 0.05) is 6.04 Å². The second-order valence-corrected chi connectivity index (χ2v) is 4.72. The summed E-state index contributed by atoms with van der Waals surface area (Å²) in [7, 11) is 0. The first-order valence-electron chi connectivity index (χ1n) is 5.67. The maximum atomic E-state index is 11.9. The molecule has 16 heavy (non-hydrogen) atoms. The number of amides is 1. The molecule has 0 aromatic heterocycles. The molecule has 1 aliphatic rings. The third-order valence-electron chi connectivity index (χ3n) is 3.19. The van der Waals surface area contributed by atoms with Gasteiger partial charge in [-0.15, -0.1) is 0 Å². The number of carbonyl (C=O) groups excluding carboxylic acids is 1. The molecule has 1 saturated carbocycles. The van der Waals surface area contributed by atoms with Gasteiger partial charge in [0.05, 0.1) is 5.56 Å². The predicted octanol–water partition coefficient (Wildman–Crippen LogP) is 2.23. The van der Waals surface area contributed by atoms with Crippen LogP contribution < -0.4 is 5.32 Å². The highest BCUT2D eigenvalue weighted by Crippen LogP contribution is 2.27. The Morgan fingerprint density at radius 2 is 2.12 bits per heavy atom. The van der Waals surface area contributed by atoms with Gasteiger partial charge in [0.15, 0.2) is 0 Å². The Hall–Kier alpha value is -1.51. The zero-order chi connectivity index (χ0) is 11.7. The molecule has 1 amide bonds. The molecule has 86 valence electrons. The maximum absolute atomic E-state index is 11.9. The molecule has 0 atom stereocenters. The fourth-order valence-electron chi connectivity index (χ4n) is 2.13. The fraction of sp³-hybridized carbons (Fsp3) is 0.462. The summed E-state index contributed by atoms with van der Waals surface area (Å²) in [5.41, 5.74) is 1.11. The van der Waals surface area contributed by atoms with Gasteiger partial charge in [-0.3, -0.25) is 4.79 Å². The molecule has 1 aromatic carbocycles. The molecule has 3 nitrogen and oxygen atoms in total. The van der Waals surface area contributed by atoms with Gasteiger partial charge in [-0.2, -0.15) is 0 Å². The summed E-state index contributed by atoms with van der Waals surface area (Å²) in [6.45, 7) is 3.96. The van der Waals surface area contributed by atoms with E-state index >= 15 is 0 Å². The van der Waals surface area contributed by atoms with E-state index in [1.807, 2.05) is 0 Å². The largest absolute Gasteiger partial charge is 0.507 e. The van der Waals surface area contributed by atoms with Crippen LogP contribution in [-0.4, -0.2) is 17.1 Å². The molecule has 1 fully saturated rings. The third kappa shape index (κ3) is 2.03. The van der Waals surface area contributed by atoms with Crippen molar-refractivity contribution in [3.05, 3.63) is 29.3 Å². The van der Waals surface area contributed by atoms with E-state index in [-0.39, 0.29) is 17.7 Å². The molecular formula is C13H17NO2. The lowest BCUT2D eigenvalue weighted by atomic mass is 9.82. The summed E-state index contributed by atoms with van der Waals surface area (Å²) < 4.78 is 0. The first-order valence-corrected chi connectivity index (χ1v) is 5.67. The average molecular weight is 219 g/mol. The number of rotatable bonds is 2. The van der Waals surface area contributed by atoms with E-state index in [0.717, 1.165) is 18.4 Å². The van der Waals surface area contributed by atoms with Crippen molar-refractivity contribution in [3.63, 3.8) is 0 Å². The van der Waals surface area contributed by atoms with Gasteiger partial charge in [-0.25, -0.2) is 0 Å². The van der Waals surface area contributed by atoms with Crippen LogP contribution >= 0.6 is 0 Å². The molecular weight excluding hydrogens is 202 g/mol. The van der Waals surface area contributed by atoms with Crippen LogP contribution in [0, 0.1) is 12.8 Å². The number of carbonyl (C=O) groups is 1. The van der Waals surface area contributed by atoms with Gasteiger partial charge in [0.2, 0.25) is 0 Å². The lowest BCUT2D eigenvalue weighted by Gasteiger charge is -2.33. The van der Waals surface area contributed by atoms with Gasteiger partial charge >= 0.3 is 0 Å². The zero-order valence-corrected chi connectivity index (χ0v) is 9.66. The Kier molecular flexibility index (Phi) is 2.86. The van der Waals surface area contributed by atoms with Crippen LogP contribution in [0.1, 0.15) is 35.7 Å². The molecule has 0 saturated heterocycles. The molecule has 1 aromatic rings. The van der Waals surface area contributed by atoms with E-state index in [2.05, 4.69) is 12.2 Å². The van der Waals surface area contributed by atoms with Crippen LogP contribution in [0.3, 0.4) is 0 Å². The number of hydrogen-bond donors (Lipinski definition) is 2. The van der Waals surface area contributed by atoms with Gasteiger partial charge in [-0.05, 0) is 37.3 Å². The predicted molar refractivity (Wildman–Crippen MR) is 62.5 cm³/mol. The number of nitrogens with one attached hydrogen (secondary N) is 1. The van der Waals surface area contributed by atoms with Crippen molar-refractivity contribution in [2.45, 2.75) is 32.7 Å². The van der Waals surface area contributed by atoms with E-state index in [4.69, 9.17) is 0 Å². The molecule has 1 aliphatic carbocycles. The zero-order valence-electron chi connectivity index (χ0n) is 9.66. The Balaban J connectivity index is 2.06. The summed E-state index contributed by atoms with van der Waals surface area (Å²) in [6.07, 6.45) is 2.08. The number of para-hydroxylation sites is 1. The van der Waals surface area contributed by atoms with Crippen molar-refractivity contribution >= 4 is 5.91 Å². The van der Waals surface area contributed by atoms with Crippen molar-refractivity contribution in [1.29, 1.82) is 0 Å². The summed E-state index contributed by atoms with van der Waals surface area (Å²) in [5, 5.41) is 12.7. The van der Waals surface area contributed by atoms with Crippen molar-refractivity contribution in [3.8, 4) is 5.75 Å². The molecule has 0 heterocycles. The number of phenolic OH excluding ortho intramolecular Hbond substituents is 1. The summed E-state index contributed by atoms with van der Waals surface area (Å²) in [5.74, 6) is 0.627. The summed E-state index contributed by atoms with van der Waals surface area (Å²) in [4.78, 5) is 11.9. The first-order chi connectivity index (χ1) is 7.58. The Bertz CT molecular complexity index is 408. The van der Waals surface area contributed by atoms with Crippen LogP contribution in [0.4, 0.5) is 0 Å². The SMILES string of the molecule is Cc1cccc(C(=O)NC2CC(C)C2)c1O. The number of benzene rings is 1. The Morgan fingerprint density at radius 3 is 2.75 bits per heavy atom. The lowest BCUT2D eigenvalue weighted by molar-refractivity contribution is 0.0893. The van der Waals surface area contributed by atoms with E-state index in [1.165, 1.54) is 0 Å². The second-order valence-electron chi connectivity index (χ2n) is 4.72. The van der Waals surface area contributed by atoms with E-state index in [1.54, 1.807) is 25.1 Å². The Morgan fingerprint density at radius 1 is 1.44 bits per heavy atom. The van der Waals surface area contributed by atoms with Crippen LogP contribution in [0.5, 0.6) is 5.75 Å². The number of aryl methyl sites for hydroxylation is 1. The quantitative estimate of drug-likeness (QED) is 0.801. The van der Waals surface area contributed by atoms with Gasteiger partial charge < -0.3 is 10.4 Å². The van der Waals surface area contributed by atoms with Crippen molar-refractivity contribution in [2.24, 2.45) is 5.92 Å². The normalized spacial score (nSPS) is 23.6. The monoisotopic (exact) mass is 219 g/mol. The molecule has 0 radical (unpaired) electrons. The highest BCUT2D eigenvalue weighted by atomic mass is 16.3. The van der Waals surface area contributed by atoms with E-state index in [9.17, 15) is 9.90 Å². The lowest BCUT2D eigenvalue weighted by Crippen LogP contribution is -2.43. The van der Waals surface area contributed by atoms with Crippen LogP contribution in [0.15, 0.2) is 18.2 Å². The van der Waals surface area contributed by atoms with Crippen LogP contribution in [0.2, 0.25) is 0 Å². The summed E-state index contributed by atoms with van der Waals surface area (Å²) >= 11 is 0. The smallest absolute Gasteiger partial charge is 0.255 e. The molecule has 0 unspecified atom stereocenters. The van der Waals surface area contributed by atoms with Crippen molar-refractivity contribution in [2.75, 3.05) is 0 Å². The molecule has 2 N–H and O–H groups in total. The minimum atomic E-state index is -0.168. The maximum Gasteiger partial charge on any atom is 0.255 e. The minimum absolute atomic E-state index is 0.0902. The molecule has 3 heteroatoms. The average Bonchev–Trinajstić information content (AvgIpc) is 2.19. The van der Waals surface area contributed by atoms with Crippen LogP contribution in [0.25, 0.3) is 0 Å². The van der Waals surface area contributed by atoms with Gasteiger partial charge in [0.25, 0.3) is 5.91 Å². The first kappa shape index (κ1) is 11.0. The van der Waals surface area contributed by atoms with E-state index in [0.29, 0.717) is 11.5 Å². The summed E-state index contributed by atoms with van der Waals surface area (Å²) in [6, 6.07) is 5.51. The highest BCUT2D eigenvalue weighted by molar-refractivity contribution is 5.97. The number of phenols is 1. The van der Waals surface area contributed by atoms with Gasteiger partial charge in [-0.1, -0.05) is 19.1 Å². The Labute approximate surface area is 95.5 Å². The number of aromatic hydroxyl groups is 1.